The highest BCUT2D eigenvalue weighted by Crippen LogP contribution is 2.41. The van der Waals surface area contributed by atoms with E-state index in [1.165, 1.54) is 10.9 Å². The van der Waals surface area contributed by atoms with Gasteiger partial charge in [0.05, 0.1) is 0 Å². The summed E-state index contributed by atoms with van der Waals surface area (Å²) in [6.45, 7) is 0. The van der Waals surface area contributed by atoms with Crippen molar-refractivity contribution in [3.63, 3.8) is 0 Å². The van der Waals surface area contributed by atoms with Crippen LogP contribution in [-0.2, 0) is 0 Å². The Bertz CT molecular complexity index is 3130. The number of nitrogens with one attached hydrogen (secondary N) is 1. The molecule has 1 unspecified atom stereocenters. The van der Waals surface area contributed by atoms with Gasteiger partial charge in [0.25, 0.3) is 0 Å². The van der Waals surface area contributed by atoms with Crippen molar-refractivity contribution in [1.29, 1.82) is 0 Å². The lowest BCUT2D eigenvalue weighted by molar-refractivity contribution is 0.668. The molecule has 1 aliphatic heterocycles. The normalized spacial score (nSPS) is 14.5. The van der Waals surface area contributed by atoms with Crippen LogP contribution in [0.15, 0.2) is 195 Å². The standard InChI is InChI=1S/C49H31N3O2/c1-2-10-30(11-3-1)32-18-21-33(22-19-32)47-50-48(36-23-20-31-12-4-5-13-34(31)28-36)52-49(51-47)41-27-26-37(46-45(41)40-15-7-9-17-43(40)54-46)35-24-25-39-38-14-6-8-16-42(38)53-44(39)29-35/h1-29,47H,(H,50,51,52). The number of nitrogens with zero attached hydrogens (tertiary/aromatic N) is 2. The average molecular weight is 694 g/mol. The number of hydrogen-bond acceptors (Lipinski definition) is 5. The Morgan fingerprint density at radius 3 is 1.94 bits per heavy atom. The van der Waals surface area contributed by atoms with Crippen LogP contribution in [0.5, 0.6) is 0 Å². The van der Waals surface area contributed by atoms with E-state index in [0.717, 1.165) is 88.5 Å². The van der Waals surface area contributed by atoms with E-state index in [-0.39, 0.29) is 6.17 Å². The summed E-state index contributed by atoms with van der Waals surface area (Å²) in [7, 11) is 0. The Hall–Kier alpha value is -7.24. The van der Waals surface area contributed by atoms with Gasteiger partial charge in [-0.05, 0) is 75.5 Å². The number of fused-ring (bicyclic) bond motifs is 7. The minimum atomic E-state index is -0.368. The molecule has 54 heavy (non-hydrogen) atoms. The smallest absolute Gasteiger partial charge is 0.160 e. The van der Waals surface area contributed by atoms with Gasteiger partial charge >= 0.3 is 0 Å². The van der Waals surface area contributed by atoms with Crippen molar-refractivity contribution in [3.05, 3.63) is 193 Å². The minimum absolute atomic E-state index is 0.368. The van der Waals surface area contributed by atoms with Crippen molar-refractivity contribution in [2.75, 3.05) is 0 Å². The maximum atomic E-state index is 6.72. The Morgan fingerprint density at radius 2 is 1.09 bits per heavy atom. The summed E-state index contributed by atoms with van der Waals surface area (Å²) in [5, 5.41) is 10.2. The number of hydrogen-bond donors (Lipinski definition) is 1. The topological polar surface area (TPSA) is 63.0 Å². The monoisotopic (exact) mass is 693 g/mol. The van der Waals surface area contributed by atoms with E-state index in [1.807, 2.05) is 36.4 Å². The number of para-hydroxylation sites is 2. The van der Waals surface area contributed by atoms with Gasteiger partial charge in [-0.2, -0.15) is 0 Å². The molecular weight excluding hydrogens is 663 g/mol. The van der Waals surface area contributed by atoms with E-state index < -0.39 is 0 Å². The molecule has 0 radical (unpaired) electrons. The van der Waals surface area contributed by atoms with Crippen LogP contribution < -0.4 is 5.32 Å². The van der Waals surface area contributed by atoms with Crippen molar-refractivity contribution in [3.8, 4) is 22.3 Å². The predicted octanol–water partition coefficient (Wildman–Crippen LogP) is 12.5. The molecule has 11 rings (SSSR count). The molecule has 5 nitrogen and oxygen atoms in total. The molecular formula is C49H31N3O2. The van der Waals surface area contributed by atoms with Crippen molar-refractivity contribution < 1.29 is 8.83 Å². The van der Waals surface area contributed by atoms with Crippen LogP contribution in [0.25, 0.3) is 76.9 Å². The highest BCUT2D eigenvalue weighted by molar-refractivity contribution is 6.24. The van der Waals surface area contributed by atoms with Gasteiger partial charge in [-0.1, -0.05) is 133 Å². The lowest BCUT2D eigenvalue weighted by atomic mass is 9.96. The fourth-order valence-corrected chi connectivity index (χ4v) is 7.85. The van der Waals surface area contributed by atoms with Crippen LogP contribution >= 0.6 is 0 Å². The molecule has 0 bridgehead atoms. The first kappa shape index (κ1) is 30.4. The Balaban J connectivity index is 1.09. The van der Waals surface area contributed by atoms with E-state index >= 15 is 0 Å². The highest BCUT2D eigenvalue weighted by Gasteiger charge is 2.25. The summed E-state index contributed by atoms with van der Waals surface area (Å²) in [6.07, 6.45) is -0.368. The first-order valence-corrected chi connectivity index (χ1v) is 18.2. The summed E-state index contributed by atoms with van der Waals surface area (Å²) < 4.78 is 13.0. The van der Waals surface area contributed by atoms with Crippen LogP contribution in [0, 0.1) is 0 Å². The SMILES string of the molecule is c1ccc(-c2ccc(C3N=C(c4ccc(-c5ccc6c(c5)oc5ccccc56)c5oc6ccccc6c45)N=C(c4ccc5ccccc5c4)N3)cc2)cc1. The van der Waals surface area contributed by atoms with Gasteiger partial charge in [0.2, 0.25) is 0 Å². The first-order valence-electron chi connectivity index (χ1n) is 18.2. The molecule has 0 amide bonds. The number of amidine groups is 2. The molecule has 10 aromatic rings. The van der Waals surface area contributed by atoms with Gasteiger partial charge in [-0.3, -0.25) is 0 Å². The molecule has 0 spiro atoms. The van der Waals surface area contributed by atoms with E-state index in [4.69, 9.17) is 18.8 Å². The molecule has 0 aliphatic carbocycles. The summed E-state index contributed by atoms with van der Waals surface area (Å²) in [5.41, 5.74) is 10.6. The van der Waals surface area contributed by atoms with Gasteiger partial charge < -0.3 is 14.2 Å². The molecule has 3 heterocycles. The largest absolute Gasteiger partial charge is 0.456 e. The van der Waals surface area contributed by atoms with E-state index in [0.29, 0.717) is 5.84 Å². The average Bonchev–Trinajstić information content (AvgIpc) is 3.82. The van der Waals surface area contributed by atoms with Crippen molar-refractivity contribution in [1.82, 2.24) is 5.32 Å². The molecule has 254 valence electrons. The summed E-state index contributed by atoms with van der Waals surface area (Å²) in [6, 6.07) is 61.0. The van der Waals surface area contributed by atoms with Crippen LogP contribution in [0.1, 0.15) is 22.9 Å². The van der Waals surface area contributed by atoms with Crippen LogP contribution in [0.2, 0.25) is 0 Å². The Morgan fingerprint density at radius 1 is 0.444 bits per heavy atom. The molecule has 8 aromatic carbocycles. The fraction of sp³-hybridized carbons (Fsp3) is 0.0204. The lowest BCUT2D eigenvalue weighted by Crippen LogP contribution is -2.33. The highest BCUT2D eigenvalue weighted by atomic mass is 16.3. The summed E-state index contributed by atoms with van der Waals surface area (Å²) in [4.78, 5) is 10.6. The first-order chi connectivity index (χ1) is 26.7. The Labute approximate surface area is 310 Å². The molecule has 1 N–H and O–H groups in total. The second kappa shape index (κ2) is 12.2. The predicted molar refractivity (Wildman–Crippen MR) is 221 cm³/mol. The molecule has 1 atom stereocenters. The summed E-state index contributed by atoms with van der Waals surface area (Å²) in [5.74, 6) is 1.41. The molecule has 2 aromatic heterocycles. The zero-order chi connectivity index (χ0) is 35.6. The van der Waals surface area contributed by atoms with E-state index in [2.05, 4.69) is 145 Å². The maximum Gasteiger partial charge on any atom is 0.160 e. The molecule has 1 aliphatic rings. The van der Waals surface area contributed by atoms with Gasteiger partial charge in [0.1, 0.15) is 34.3 Å². The molecule has 0 saturated heterocycles. The third kappa shape index (κ3) is 5.01. The molecule has 5 heteroatoms. The Kier molecular flexibility index (Phi) is 6.85. The van der Waals surface area contributed by atoms with Gasteiger partial charge in [0, 0.05) is 38.2 Å². The second-order valence-electron chi connectivity index (χ2n) is 13.8. The van der Waals surface area contributed by atoms with Crippen molar-refractivity contribution in [2.45, 2.75) is 6.17 Å². The van der Waals surface area contributed by atoms with Crippen molar-refractivity contribution >= 4 is 66.3 Å². The minimum Gasteiger partial charge on any atom is -0.456 e. The van der Waals surface area contributed by atoms with Gasteiger partial charge in [0.15, 0.2) is 5.84 Å². The van der Waals surface area contributed by atoms with Crippen LogP contribution in [0.3, 0.4) is 0 Å². The zero-order valence-electron chi connectivity index (χ0n) is 29.0. The fourth-order valence-electron chi connectivity index (χ4n) is 7.85. The quantitative estimate of drug-likeness (QED) is 0.195. The number of benzene rings is 8. The number of rotatable bonds is 5. The number of aliphatic imine (C=N–C) groups is 2. The third-order valence-corrected chi connectivity index (χ3v) is 10.6. The van der Waals surface area contributed by atoms with Crippen LogP contribution in [-0.4, -0.2) is 11.7 Å². The lowest BCUT2D eigenvalue weighted by Gasteiger charge is -2.24. The second-order valence-corrected chi connectivity index (χ2v) is 13.8. The van der Waals surface area contributed by atoms with Crippen molar-refractivity contribution in [2.24, 2.45) is 9.98 Å². The summed E-state index contributed by atoms with van der Waals surface area (Å²) >= 11 is 0. The van der Waals surface area contributed by atoms with E-state index in [1.54, 1.807) is 0 Å². The zero-order valence-corrected chi connectivity index (χ0v) is 29.0. The molecule has 0 fully saturated rings. The van der Waals surface area contributed by atoms with Gasteiger partial charge in [-0.15, -0.1) is 0 Å². The maximum absolute atomic E-state index is 6.72. The van der Waals surface area contributed by atoms with Gasteiger partial charge in [-0.25, -0.2) is 9.98 Å². The molecule has 0 saturated carbocycles. The third-order valence-electron chi connectivity index (χ3n) is 10.6. The number of furan rings is 2. The van der Waals surface area contributed by atoms with Crippen LogP contribution in [0.4, 0.5) is 0 Å². The van der Waals surface area contributed by atoms with E-state index in [9.17, 15) is 0 Å².